The van der Waals surface area contributed by atoms with Gasteiger partial charge in [0.05, 0.1) is 6.04 Å². The first-order chi connectivity index (χ1) is 8.72. The molecule has 1 aliphatic rings. The van der Waals surface area contributed by atoms with E-state index in [2.05, 4.69) is 4.90 Å². The Bertz CT molecular complexity index is 265. The van der Waals surface area contributed by atoms with Crippen molar-refractivity contribution in [1.82, 2.24) is 9.80 Å². The minimum absolute atomic E-state index is 0.0855. The third-order valence-electron chi connectivity index (χ3n) is 3.77. The molecule has 0 aromatic carbocycles. The van der Waals surface area contributed by atoms with Crippen molar-refractivity contribution in [2.75, 3.05) is 26.2 Å². The second kappa shape index (κ2) is 8.25. The number of aldehydes is 1. The number of carbonyl (C=O) groups is 2. The summed E-state index contributed by atoms with van der Waals surface area (Å²) in [6.07, 6.45) is 5.83. The van der Waals surface area contributed by atoms with E-state index in [9.17, 15) is 9.59 Å². The lowest BCUT2D eigenvalue weighted by atomic mass is 10.0. The highest BCUT2D eigenvalue weighted by molar-refractivity contribution is 5.76. The van der Waals surface area contributed by atoms with Crippen molar-refractivity contribution in [2.24, 2.45) is 0 Å². The topological polar surface area (TPSA) is 40.6 Å². The van der Waals surface area contributed by atoms with Crippen LogP contribution in [0, 0.1) is 0 Å². The molecule has 104 valence electrons. The van der Waals surface area contributed by atoms with Crippen molar-refractivity contribution in [1.29, 1.82) is 0 Å². The predicted molar refractivity (Wildman–Crippen MR) is 72.4 cm³/mol. The number of piperidine rings is 1. The Balaban J connectivity index is 2.27. The molecule has 1 heterocycles. The van der Waals surface area contributed by atoms with Gasteiger partial charge in [-0.1, -0.05) is 6.42 Å². The summed E-state index contributed by atoms with van der Waals surface area (Å²) in [7, 11) is 0. The molecule has 1 aliphatic heterocycles. The lowest BCUT2D eigenvalue weighted by Gasteiger charge is -2.32. The molecule has 0 radical (unpaired) electrons. The van der Waals surface area contributed by atoms with Gasteiger partial charge >= 0.3 is 0 Å². The van der Waals surface area contributed by atoms with Crippen LogP contribution in [0.3, 0.4) is 0 Å². The fourth-order valence-corrected chi connectivity index (χ4v) is 2.62. The number of hydrogen-bond acceptors (Lipinski definition) is 3. The van der Waals surface area contributed by atoms with Gasteiger partial charge in [0.15, 0.2) is 0 Å². The van der Waals surface area contributed by atoms with Gasteiger partial charge in [-0.25, -0.2) is 0 Å². The Morgan fingerprint density at radius 1 is 1.33 bits per heavy atom. The van der Waals surface area contributed by atoms with E-state index < -0.39 is 0 Å². The summed E-state index contributed by atoms with van der Waals surface area (Å²) in [6, 6.07) is 0.0855. The van der Waals surface area contributed by atoms with Gasteiger partial charge in [0.1, 0.15) is 6.29 Å². The van der Waals surface area contributed by atoms with E-state index in [0.717, 1.165) is 51.7 Å². The Morgan fingerprint density at radius 3 is 2.67 bits per heavy atom. The normalized spacial score (nSPS) is 20.7. The average Bonchev–Trinajstić information content (AvgIpc) is 2.40. The first-order valence-corrected chi connectivity index (χ1v) is 7.20. The fraction of sp³-hybridized carbons (Fsp3) is 0.857. The van der Waals surface area contributed by atoms with Crippen LogP contribution in [0.5, 0.6) is 0 Å². The molecule has 0 aromatic heterocycles. The third kappa shape index (κ3) is 4.41. The summed E-state index contributed by atoms with van der Waals surface area (Å²) < 4.78 is 0. The molecule has 1 atom stereocenters. The number of nitrogens with zero attached hydrogens (tertiary/aromatic N) is 2. The molecule has 0 spiro atoms. The summed E-state index contributed by atoms with van der Waals surface area (Å²) in [5, 5.41) is 0. The molecule has 0 bridgehead atoms. The number of rotatable bonds is 7. The molecule has 1 unspecified atom stereocenters. The molecule has 0 N–H and O–H groups in total. The van der Waals surface area contributed by atoms with Crippen molar-refractivity contribution in [3.8, 4) is 0 Å². The van der Waals surface area contributed by atoms with Gasteiger partial charge < -0.3 is 9.69 Å². The summed E-state index contributed by atoms with van der Waals surface area (Å²) in [5.74, 6) is 0.236. The van der Waals surface area contributed by atoms with Crippen LogP contribution in [-0.4, -0.2) is 54.2 Å². The molecule has 1 saturated heterocycles. The minimum atomic E-state index is 0.0855. The van der Waals surface area contributed by atoms with Crippen LogP contribution in [0.4, 0.5) is 0 Å². The second-order valence-electron chi connectivity index (χ2n) is 4.90. The molecular weight excluding hydrogens is 228 g/mol. The maximum Gasteiger partial charge on any atom is 0.222 e. The van der Waals surface area contributed by atoms with Gasteiger partial charge in [-0.15, -0.1) is 0 Å². The largest absolute Gasteiger partial charge is 0.343 e. The van der Waals surface area contributed by atoms with Crippen LogP contribution in [-0.2, 0) is 9.59 Å². The molecule has 18 heavy (non-hydrogen) atoms. The summed E-state index contributed by atoms with van der Waals surface area (Å²) in [4.78, 5) is 26.9. The van der Waals surface area contributed by atoms with Crippen LogP contribution < -0.4 is 0 Å². The Hall–Kier alpha value is -0.900. The third-order valence-corrected chi connectivity index (χ3v) is 3.77. The molecule has 4 nitrogen and oxygen atoms in total. The molecule has 0 saturated carbocycles. The molecule has 0 aliphatic carbocycles. The first-order valence-electron chi connectivity index (χ1n) is 7.20. The van der Waals surface area contributed by atoms with E-state index in [4.69, 9.17) is 0 Å². The smallest absolute Gasteiger partial charge is 0.222 e. The second-order valence-corrected chi connectivity index (χ2v) is 4.90. The van der Waals surface area contributed by atoms with E-state index in [1.807, 2.05) is 18.7 Å². The van der Waals surface area contributed by atoms with Crippen LogP contribution in [0.15, 0.2) is 0 Å². The first kappa shape index (κ1) is 15.2. The molecule has 4 heteroatoms. The summed E-state index contributed by atoms with van der Waals surface area (Å²) in [5.41, 5.74) is 0. The van der Waals surface area contributed by atoms with Crippen LogP contribution >= 0.6 is 0 Å². The number of hydrogen-bond donors (Lipinski definition) is 0. The van der Waals surface area contributed by atoms with Gasteiger partial charge in [-0.2, -0.15) is 0 Å². The number of carbonyl (C=O) groups excluding carboxylic acids is 2. The van der Waals surface area contributed by atoms with Gasteiger partial charge in [-0.05, 0) is 46.2 Å². The van der Waals surface area contributed by atoms with Crippen molar-refractivity contribution in [3.63, 3.8) is 0 Å². The van der Waals surface area contributed by atoms with Crippen LogP contribution in [0.1, 0.15) is 46.0 Å². The quantitative estimate of drug-likeness (QED) is 0.649. The Morgan fingerprint density at radius 2 is 2.06 bits per heavy atom. The molecule has 1 amide bonds. The zero-order valence-electron chi connectivity index (χ0n) is 11.7. The van der Waals surface area contributed by atoms with Crippen molar-refractivity contribution in [3.05, 3.63) is 0 Å². The maximum absolute atomic E-state index is 11.8. The number of likely N-dealkylation sites (tertiary alicyclic amines) is 1. The lowest BCUT2D eigenvalue weighted by Crippen LogP contribution is -2.41. The van der Waals surface area contributed by atoms with Crippen molar-refractivity contribution < 1.29 is 9.59 Å². The van der Waals surface area contributed by atoms with Gasteiger partial charge in [0.2, 0.25) is 5.91 Å². The monoisotopic (exact) mass is 254 g/mol. The predicted octanol–water partition coefficient (Wildman–Crippen LogP) is 1.69. The average molecular weight is 254 g/mol. The van der Waals surface area contributed by atoms with E-state index in [-0.39, 0.29) is 11.9 Å². The van der Waals surface area contributed by atoms with Crippen LogP contribution in [0.25, 0.3) is 0 Å². The minimum Gasteiger partial charge on any atom is -0.343 e. The van der Waals surface area contributed by atoms with Crippen LogP contribution in [0.2, 0.25) is 0 Å². The molecular formula is C14H26N2O2. The van der Waals surface area contributed by atoms with Gasteiger partial charge in [0, 0.05) is 19.5 Å². The molecule has 1 rings (SSSR count). The van der Waals surface area contributed by atoms with Crippen molar-refractivity contribution >= 4 is 12.2 Å². The highest BCUT2D eigenvalue weighted by atomic mass is 16.2. The Labute approximate surface area is 110 Å². The summed E-state index contributed by atoms with van der Waals surface area (Å²) in [6.45, 7) is 7.47. The zero-order valence-corrected chi connectivity index (χ0v) is 11.7. The lowest BCUT2D eigenvalue weighted by molar-refractivity contribution is -0.131. The highest BCUT2D eigenvalue weighted by Gasteiger charge is 2.21. The number of amides is 1. The summed E-state index contributed by atoms with van der Waals surface area (Å²) >= 11 is 0. The maximum atomic E-state index is 11.8. The van der Waals surface area contributed by atoms with Gasteiger partial charge in [0.25, 0.3) is 0 Å². The van der Waals surface area contributed by atoms with Crippen molar-refractivity contribution in [2.45, 2.75) is 52.0 Å². The molecule has 0 aromatic rings. The fourth-order valence-electron chi connectivity index (χ4n) is 2.62. The van der Waals surface area contributed by atoms with E-state index in [1.54, 1.807) is 0 Å². The Kier molecular flexibility index (Phi) is 6.94. The molecule has 1 fully saturated rings. The SMILES string of the molecule is CCN(CC)C(=O)CCCN1CCCCC1C=O. The zero-order chi connectivity index (χ0) is 13.4. The van der Waals surface area contributed by atoms with E-state index in [1.165, 1.54) is 6.42 Å². The highest BCUT2D eigenvalue weighted by Crippen LogP contribution is 2.16. The van der Waals surface area contributed by atoms with E-state index in [0.29, 0.717) is 6.42 Å². The standard InChI is InChI=1S/C14H26N2O2/c1-3-15(4-2)14(18)9-7-11-16-10-6-5-8-13(16)12-17/h12-13H,3-11H2,1-2H3. The van der Waals surface area contributed by atoms with Gasteiger partial charge in [-0.3, -0.25) is 9.69 Å². The van der Waals surface area contributed by atoms with E-state index >= 15 is 0 Å².